The Labute approximate surface area is 82.0 Å². The fourth-order valence-corrected chi connectivity index (χ4v) is 1.62. The number of nitriles is 1. The largest absolute Gasteiger partial charge is 0.384 e. The van der Waals surface area contributed by atoms with E-state index in [0.29, 0.717) is 12.2 Å². The molecule has 0 bridgehead atoms. The molecule has 3 nitrogen and oxygen atoms in total. The fraction of sp³-hybridized carbons (Fsp3) is 0.333. The SMILES string of the molecule is N#CCCSCc1cccc(N)n1. The third-order valence-electron chi connectivity index (χ3n) is 1.44. The van der Waals surface area contributed by atoms with Crippen LogP contribution in [0.15, 0.2) is 18.2 Å². The number of anilines is 1. The molecule has 0 radical (unpaired) electrons. The summed E-state index contributed by atoms with van der Waals surface area (Å²) in [5, 5.41) is 8.31. The van der Waals surface area contributed by atoms with Gasteiger partial charge in [0.05, 0.1) is 11.8 Å². The van der Waals surface area contributed by atoms with Crippen molar-refractivity contribution in [2.24, 2.45) is 0 Å². The van der Waals surface area contributed by atoms with Gasteiger partial charge in [-0.3, -0.25) is 0 Å². The van der Waals surface area contributed by atoms with Crippen molar-refractivity contribution >= 4 is 17.6 Å². The lowest BCUT2D eigenvalue weighted by atomic mass is 10.4. The van der Waals surface area contributed by atoms with Crippen LogP contribution in [0.2, 0.25) is 0 Å². The monoisotopic (exact) mass is 193 g/mol. The van der Waals surface area contributed by atoms with Gasteiger partial charge < -0.3 is 5.73 Å². The van der Waals surface area contributed by atoms with Gasteiger partial charge in [0, 0.05) is 17.9 Å². The predicted molar refractivity (Wildman–Crippen MR) is 55.0 cm³/mol. The number of nitrogens with zero attached hydrogens (tertiary/aromatic N) is 2. The number of nitrogens with two attached hydrogens (primary N) is 1. The molecule has 13 heavy (non-hydrogen) atoms. The van der Waals surface area contributed by atoms with Crippen LogP contribution in [0.5, 0.6) is 0 Å². The van der Waals surface area contributed by atoms with Gasteiger partial charge in [-0.15, -0.1) is 0 Å². The number of rotatable bonds is 4. The second-order valence-electron chi connectivity index (χ2n) is 2.51. The molecule has 0 aliphatic carbocycles. The molecule has 0 amide bonds. The Balaban J connectivity index is 2.33. The zero-order chi connectivity index (χ0) is 9.52. The normalized spacial score (nSPS) is 9.46. The van der Waals surface area contributed by atoms with Crippen LogP contribution >= 0.6 is 11.8 Å². The van der Waals surface area contributed by atoms with E-state index in [4.69, 9.17) is 11.0 Å². The molecule has 1 rings (SSSR count). The minimum atomic E-state index is 0.554. The summed E-state index contributed by atoms with van der Waals surface area (Å²) < 4.78 is 0. The van der Waals surface area contributed by atoms with Crippen molar-refractivity contribution in [1.29, 1.82) is 5.26 Å². The number of aromatic nitrogens is 1. The zero-order valence-corrected chi connectivity index (χ0v) is 8.05. The maximum atomic E-state index is 8.31. The van der Waals surface area contributed by atoms with Crippen LogP contribution in [0.4, 0.5) is 5.82 Å². The highest BCUT2D eigenvalue weighted by atomic mass is 32.2. The topological polar surface area (TPSA) is 62.7 Å². The molecule has 68 valence electrons. The molecule has 1 heterocycles. The molecule has 4 heteroatoms. The van der Waals surface area contributed by atoms with E-state index in [2.05, 4.69) is 11.1 Å². The maximum absolute atomic E-state index is 8.31. The average molecular weight is 193 g/mol. The van der Waals surface area contributed by atoms with Crippen molar-refractivity contribution in [1.82, 2.24) is 4.98 Å². The molecule has 0 unspecified atom stereocenters. The van der Waals surface area contributed by atoms with Gasteiger partial charge in [-0.05, 0) is 12.1 Å². The summed E-state index contributed by atoms with van der Waals surface area (Å²) in [6, 6.07) is 7.70. The highest BCUT2D eigenvalue weighted by Crippen LogP contribution is 2.11. The molecule has 2 N–H and O–H groups in total. The minimum Gasteiger partial charge on any atom is -0.384 e. The zero-order valence-electron chi connectivity index (χ0n) is 7.23. The molecule has 0 saturated carbocycles. The van der Waals surface area contributed by atoms with Gasteiger partial charge >= 0.3 is 0 Å². The van der Waals surface area contributed by atoms with Gasteiger partial charge in [-0.1, -0.05) is 6.07 Å². The van der Waals surface area contributed by atoms with Crippen molar-refractivity contribution in [3.63, 3.8) is 0 Å². The Hall–Kier alpha value is -1.21. The summed E-state index contributed by atoms with van der Waals surface area (Å²) in [6.45, 7) is 0. The van der Waals surface area contributed by atoms with Gasteiger partial charge in [-0.2, -0.15) is 17.0 Å². The van der Waals surface area contributed by atoms with E-state index in [9.17, 15) is 0 Å². The van der Waals surface area contributed by atoms with Crippen LogP contribution in [0.25, 0.3) is 0 Å². The van der Waals surface area contributed by atoms with E-state index in [1.165, 1.54) is 0 Å². The molecule has 0 aliphatic rings. The fourth-order valence-electron chi connectivity index (χ4n) is 0.873. The van der Waals surface area contributed by atoms with Crippen molar-refractivity contribution < 1.29 is 0 Å². The van der Waals surface area contributed by atoms with E-state index >= 15 is 0 Å². The lowest BCUT2D eigenvalue weighted by molar-refractivity contribution is 1.17. The van der Waals surface area contributed by atoms with Crippen LogP contribution < -0.4 is 5.73 Å². The van der Waals surface area contributed by atoms with Crippen molar-refractivity contribution in [3.8, 4) is 6.07 Å². The Morgan fingerprint density at radius 2 is 2.38 bits per heavy atom. The summed E-state index contributed by atoms with van der Waals surface area (Å²) in [7, 11) is 0. The van der Waals surface area contributed by atoms with Crippen molar-refractivity contribution in [2.75, 3.05) is 11.5 Å². The minimum absolute atomic E-state index is 0.554. The summed E-state index contributed by atoms with van der Waals surface area (Å²) in [6.07, 6.45) is 0.590. The number of pyridine rings is 1. The predicted octanol–water partition coefficient (Wildman–Crippen LogP) is 1.81. The number of nitrogen functional groups attached to an aromatic ring is 1. The first kappa shape index (κ1) is 9.87. The van der Waals surface area contributed by atoms with Crippen LogP contribution in [0, 0.1) is 11.3 Å². The summed E-state index contributed by atoms with van der Waals surface area (Å²) in [5.41, 5.74) is 6.49. The van der Waals surface area contributed by atoms with E-state index in [1.54, 1.807) is 17.8 Å². The Kier molecular flexibility index (Phi) is 4.13. The van der Waals surface area contributed by atoms with Gasteiger partial charge in [0.2, 0.25) is 0 Å². The first-order valence-corrected chi connectivity index (χ1v) is 5.14. The summed E-state index contributed by atoms with van der Waals surface area (Å²) in [4.78, 5) is 4.14. The third kappa shape index (κ3) is 3.81. The first-order valence-electron chi connectivity index (χ1n) is 3.99. The Bertz CT molecular complexity index is 306. The van der Waals surface area contributed by atoms with Gasteiger partial charge in [0.15, 0.2) is 0 Å². The maximum Gasteiger partial charge on any atom is 0.123 e. The quantitative estimate of drug-likeness (QED) is 0.741. The van der Waals surface area contributed by atoms with Crippen LogP contribution in [-0.2, 0) is 5.75 Å². The van der Waals surface area contributed by atoms with Crippen LogP contribution in [0.1, 0.15) is 12.1 Å². The van der Waals surface area contributed by atoms with Gasteiger partial charge in [-0.25, -0.2) is 4.98 Å². The van der Waals surface area contributed by atoms with E-state index < -0.39 is 0 Å². The molecule has 0 aromatic carbocycles. The molecule has 1 aromatic heterocycles. The van der Waals surface area contributed by atoms with Crippen LogP contribution in [0.3, 0.4) is 0 Å². The second kappa shape index (κ2) is 5.44. The standard InChI is InChI=1S/C9H11N3S/c10-5-2-6-13-7-8-3-1-4-9(11)12-8/h1,3-4H,2,6-7H2,(H2,11,12). The van der Waals surface area contributed by atoms with Crippen molar-refractivity contribution in [2.45, 2.75) is 12.2 Å². The molecule has 0 aliphatic heterocycles. The molecule has 0 saturated heterocycles. The Morgan fingerprint density at radius 3 is 3.08 bits per heavy atom. The summed E-state index contributed by atoms with van der Waals surface area (Å²) >= 11 is 1.70. The van der Waals surface area contributed by atoms with Gasteiger partial charge in [0.1, 0.15) is 5.82 Å². The lowest BCUT2D eigenvalue weighted by Gasteiger charge is -1.99. The molecule has 0 atom stereocenters. The Morgan fingerprint density at radius 1 is 1.54 bits per heavy atom. The van der Waals surface area contributed by atoms with Crippen LogP contribution in [-0.4, -0.2) is 10.7 Å². The number of hydrogen-bond acceptors (Lipinski definition) is 4. The molecule has 0 spiro atoms. The van der Waals surface area contributed by atoms with E-state index in [0.717, 1.165) is 17.2 Å². The number of thioether (sulfide) groups is 1. The highest BCUT2D eigenvalue weighted by Gasteiger charge is 1.95. The van der Waals surface area contributed by atoms with E-state index in [1.807, 2.05) is 12.1 Å². The third-order valence-corrected chi connectivity index (χ3v) is 2.43. The number of hydrogen-bond donors (Lipinski definition) is 1. The van der Waals surface area contributed by atoms with Crippen molar-refractivity contribution in [3.05, 3.63) is 23.9 Å². The molecule has 0 fully saturated rings. The molecular formula is C9H11N3S. The summed E-state index contributed by atoms with van der Waals surface area (Å²) in [5.74, 6) is 2.23. The smallest absolute Gasteiger partial charge is 0.123 e. The highest BCUT2D eigenvalue weighted by molar-refractivity contribution is 7.98. The van der Waals surface area contributed by atoms with E-state index in [-0.39, 0.29) is 0 Å². The van der Waals surface area contributed by atoms with Gasteiger partial charge in [0.25, 0.3) is 0 Å². The first-order chi connectivity index (χ1) is 6.33. The molecule has 1 aromatic rings. The second-order valence-corrected chi connectivity index (χ2v) is 3.62. The average Bonchev–Trinajstić information content (AvgIpc) is 2.13. The molecular weight excluding hydrogens is 182 g/mol. The lowest BCUT2D eigenvalue weighted by Crippen LogP contribution is -1.93.